The third kappa shape index (κ3) is 2.18. The van der Waals surface area contributed by atoms with Crippen LogP contribution in [-0.2, 0) is 4.79 Å². The maximum atomic E-state index is 12.1. The highest BCUT2D eigenvalue weighted by atomic mass is 16.4. The van der Waals surface area contributed by atoms with Gasteiger partial charge in [0.05, 0.1) is 5.69 Å². The van der Waals surface area contributed by atoms with Crippen LogP contribution < -0.4 is 10.2 Å². The smallest absolute Gasteiger partial charge is 0.319 e. The van der Waals surface area contributed by atoms with Gasteiger partial charge in [-0.2, -0.15) is 0 Å². The van der Waals surface area contributed by atoms with Crippen molar-refractivity contribution in [3.05, 3.63) is 23.8 Å². The van der Waals surface area contributed by atoms with Gasteiger partial charge in [0.25, 0.3) is 0 Å². The molecule has 6 heteroatoms. The molecular formula is C14H15N3O3. The van der Waals surface area contributed by atoms with E-state index in [2.05, 4.69) is 15.2 Å². The monoisotopic (exact) mass is 273 g/mol. The van der Waals surface area contributed by atoms with E-state index < -0.39 is 17.7 Å². The number of ketones is 1. The first kappa shape index (κ1) is 12.8. The Bertz CT molecular complexity index is 591. The van der Waals surface area contributed by atoms with Crippen molar-refractivity contribution in [1.29, 1.82) is 0 Å². The highest BCUT2D eigenvalue weighted by Gasteiger charge is 2.30. The predicted molar refractivity (Wildman–Crippen MR) is 75.1 cm³/mol. The molecule has 0 spiro atoms. The van der Waals surface area contributed by atoms with Gasteiger partial charge >= 0.3 is 5.97 Å². The quantitative estimate of drug-likeness (QED) is 0.775. The number of fused-ring (bicyclic) bond motifs is 1. The Morgan fingerprint density at radius 3 is 2.80 bits per heavy atom. The van der Waals surface area contributed by atoms with Crippen LogP contribution in [0, 0.1) is 5.92 Å². The zero-order chi connectivity index (χ0) is 14.1. The fraction of sp³-hybridized carbons (Fsp3) is 0.357. The molecule has 2 N–H and O–H groups in total. The number of piperazine rings is 1. The number of carbonyl (C=O) groups is 2. The van der Waals surface area contributed by atoms with E-state index in [0.29, 0.717) is 11.3 Å². The predicted octanol–water partition coefficient (Wildman–Crippen LogP) is 0.696. The van der Waals surface area contributed by atoms with Crippen LogP contribution in [0.5, 0.6) is 0 Å². The van der Waals surface area contributed by atoms with Crippen molar-refractivity contribution in [3.63, 3.8) is 0 Å². The van der Waals surface area contributed by atoms with Gasteiger partial charge in [0.2, 0.25) is 0 Å². The number of carboxylic acids is 1. The molecule has 2 aliphatic heterocycles. The zero-order valence-electron chi connectivity index (χ0n) is 10.9. The number of Topliss-reactive ketones (excluding diaryl/α,β-unsaturated/α-hetero) is 1. The summed E-state index contributed by atoms with van der Waals surface area (Å²) in [6.45, 7) is 3.68. The fourth-order valence-corrected chi connectivity index (χ4v) is 2.52. The Morgan fingerprint density at radius 1 is 1.35 bits per heavy atom. The summed E-state index contributed by atoms with van der Waals surface area (Å²) < 4.78 is 0. The lowest BCUT2D eigenvalue weighted by Crippen LogP contribution is -2.43. The molecule has 0 saturated carbocycles. The molecular weight excluding hydrogens is 258 g/mol. The van der Waals surface area contributed by atoms with Crippen LogP contribution in [0.15, 0.2) is 23.2 Å². The van der Waals surface area contributed by atoms with Crippen molar-refractivity contribution in [1.82, 2.24) is 5.32 Å². The minimum absolute atomic E-state index is 0.388. The second-order valence-corrected chi connectivity index (χ2v) is 4.90. The van der Waals surface area contributed by atoms with Gasteiger partial charge in [0.1, 0.15) is 0 Å². The highest BCUT2D eigenvalue weighted by Crippen LogP contribution is 2.31. The van der Waals surface area contributed by atoms with Gasteiger partial charge in [0.15, 0.2) is 11.7 Å². The average molecular weight is 273 g/mol. The number of aliphatic imine (C=N–C) groups is 1. The molecule has 0 bridgehead atoms. The standard InChI is InChI=1S/C14H15N3O3/c18-13-10-2-1-9(17-5-3-15-4-6-17)7-12(10)16-8-11(13)14(19)20/h1-2,7-8,11,15H,3-6H2,(H,19,20). The van der Waals surface area contributed by atoms with Crippen LogP contribution in [0.4, 0.5) is 11.4 Å². The van der Waals surface area contributed by atoms with Gasteiger partial charge in [-0.3, -0.25) is 14.6 Å². The fourth-order valence-electron chi connectivity index (χ4n) is 2.52. The molecule has 20 heavy (non-hydrogen) atoms. The average Bonchev–Trinajstić information content (AvgIpc) is 2.48. The van der Waals surface area contributed by atoms with Gasteiger partial charge in [-0.1, -0.05) is 0 Å². The molecule has 1 fully saturated rings. The largest absolute Gasteiger partial charge is 0.480 e. The topological polar surface area (TPSA) is 82.0 Å². The second-order valence-electron chi connectivity index (χ2n) is 4.90. The van der Waals surface area contributed by atoms with Crippen LogP contribution in [0.3, 0.4) is 0 Å². The third-order valence-electron chi connectivity index (χ3n) is 3.64. The van der Waals surface area contributed by atoms with Crippen LogP contribution in [-0.4, -0.2) is 49.3 Å². The third-order valence-corrected chi connectivity index (χ3v) is 3.64. The van der Waals surface area contributed by atoms with E-state index in [9.17, 15) is 9.59 Å². The molecule has 2 aliphatic rings. The summed E-state index contributed by atoms with van der Waals surface area (Å²) in [5.41, 5.74) is 1.96. The lowest BCUT2D eigenvalue weighted by Gasteiger charge is -2.30. The minimum Gasteiger partial charge on any atom is -0.480 e. The lowest BCUT2D eigenvalue weighted by atomic mass is 9.94. The van der Waals surface area contributed by atoms with E-state index in [0.717, 1.165) is 31.9 Å². The van der Waals surface area contributed by atoms with Crippen LogP contribution in [0.25, 0.3) is 0 Å². The van der Waals surface area contributed by atoms with Crippen molar-refractivity contribution in [3.8, 4) is 0 Å². The molecule has 1 saturated heterocycles. The number of aliphatic carboxylic acids is 1. The Hall–Kier alpha value is -2.21. The molecule has 0 aliphatic carbocycles. The molecule has 1 aromatic carbocycles. The number of nitrogens with zero attached hydrogens (tertiary/aromatic N) is 2. The number of benzene rings is 1. The van der Waals surface area contributed by atoms with Crippen molar-refractivity contribution >= 4 is 29.3 Å². The summed E-state index contributed by atoms with van der Waals surface area (Å²) >= 11 is 0. The van der Waals surface area contributed by atoms with Gasteiger partial charge in [-0.25, -0.2) is 0 Å². The number of nitrogens with one attached hydrogen (secondary N) is 1. The summed E-state index contributed by atoms with van der Waals surface area (Å²) in [6, 6.07) is 5.40. The molecule has 1 atom stereocenters. The lowest BCUT2D eigenvalue weighted by molar-refractivity contribution is -0.137. The summed E-state index contributed by atoms with van der Waals surface area (Å²) in [7, 11) is 0. The Morgan fingerprint density at radius 2 is 2.10 bits per heavy atom. The first-order valence-electron chi connectivity index (χ1n) is 6.58. The summed E-state index contributed by atoms with van der Waals surface area (Å²) in [4.78, 5) is 29.4. The van der Waals surface area contributed by atoms with E-state index >= 15 is 0 Å². The first-order chi connectivity index (χ1) is 9.66. The van der Waals surface area contributed by atoms with Gasteiger partial charge in [-0.05, 0) is 18.2 Å². The molecule has 0 amide bonds. The Kier molecular flexibility index (Phi) is 3.23. The second kappa shape index (κ2) is 5.05. The number of anilines is 1. The Balaban J connectivity index is 1.91. The number of hydrogen-bond donors (Lipinski definition) is 2. The number of carboxylic acid groups (broad SMARTS) is 1. The van der Waals surface area contributed by atoms with Gasteiger partial charge in [0, 0.05) is 43.6 Å². The van der Waals surface area contributed by atoms with Crippen LogP contribution in [0.1, 0.15) is 10.4 Å². The maximum Gasteiger partial charge on any atom is 0.319 e. The molecule has 104 valence electrons. The molecule has 1 unspecified atom stereocenters. The summed E-state index contributed by atoms with van der Waals surface area (Å²) in [5.74, 6) is -2.71. The zero-order valence-corrected chi connectivity index (χ0v) is 10.9. The summed E-state index contributed by atoms with van der Waals surface area (Å²) in [6.07, 6.45) is 1.22. The van der Waals surface area contributed by atoms with E-state index in [1.54, 1.807) is 6.07 Å². The molecule has 0 radical (unpaired) electrons. The van der Waals surface area contributed by atoms with Gasteiger partial charge in [-0.15, -0.1) is 0 Å². The molecule has 2 heterocycles. The van der Waals surface area contributed by atoms with E-state index in [4.69, 9.17) is 5.11 Å². The first-order valence-corrected chi connectivity index (χ1v) is 6.58. The summed E-state index contributed by atoms with van der Waals surface area (Å²) in [5, 5.41) is 12.2. The van der Waals surface area contributed by atoms with Crippen LogP contribution >= 0.6 is 0 Å². The van der Waals surface area contributed by atoms with E-state index in [1.807, 2.05) is 12.1 Å². The van der Waals surface area contributed by atoms with Crippen molar-refractivity contribution < 1.29 is 14.7 Å². The number of rotatable bonds is 2. The SMILES string of the molecule is O=C(O)C1C=Nc2cc(N3CCNCC3)ccc2C1=O. The van der Waals surface area contributed by atoms with Gasteiger partial charge < -0.3 is 15.3 Å². The molecule has 0 aromatic heterocycles. The van der Waals surface area contributed by atoms with E-state index in [1.165, 1.54) is 6.21 Å². The van der Waals surface area contributed by atoms with Crippen molar-refractivity contribution in [2.75, 3.05) is 31.1 Å². The highest BCUT2D eigenvalue weighted by molar-refractivity contribution is 6.22. The van der Waals surface area contributed by atoms with Crippen LogP contribution in [0.2, 0.25) is 0 Å². The minimum atomic E-state index is -1.16. The molecule has 1 aromatic rings. The van der Waals surface area contributed by atoms with E-state index in [-0.39, 0.29) is 0 Å². The van der Waals surface area contributed by atoms with Crippen molar-refractivity contribution in [2.24, 2.45) is 10.9 Å². The molecule has 3 rings (SSSR count). The number of carbonyl (C=O) groups excluding carboxylic acids is 1. The molecule has 6 nitrogen and oxygen atoms in total. The normalized spacial score (nSPS) is 21.7. The maximum absolute atomic E-state index is 12.1. The Labute approximate surface area is 116 Å². The van der Waals surface area contributed by atoms with Crippen molar-refractivity contribution in [2.45, 2.75) is 0 Å². The number of hydrogen-bond acceptors (Lipinski definition) is 5.